The van der Waals surface area contributed by atoms with Crippen molar-refractivity contribution in [2.24, 2.45) is 0 Å². The molecule has 4 aromatic rings. The lowest BCUT2D eigenvalue weighted by Crippen LogP contribution is -2.01. The van der Waals surface area contributed by atoms with Crippen LogP contribution >= 0.6 is 0 Å². The van der Waals surface area contributed by atoms with Gasteiger partial charge < -0.3 is 14.8 Å². The van der Waals surface area contributed by atoms with E-state index in [0.29, 0.717) is 17.7 Å². The molecule has 2 N–H and O–H groups in total. The van der Waals surface area contributed by atoms with Crippen LogP contribution in [0.2, 0.25) is 0 Å². The van der Waals surface area contributed by atoms with E-state index in [0.717, 1.165) is 22.0 Å². The maximum absolute atomic E-state index is 11.3. The van der Waals surface area contributed by atoms with Crippen LogP contribution in [0.3, 0.4) is 0 Å². The average molecular weight is 422 g/mol. The SMILES string of the molecule is N#C/C(=C/c1cn(Cc2cccc(C(=O)O)c2)c2ccccc12)c1ccc(C(=O)O)cc1. The number of benzene rings is 3. The third kappa shape index (κ3) is 4.13. The molecule has 156 valence electrons. The third-order valence-electron chi connectivity index (χ3n) is 5.21. The van der Waals surface area contributed by atoms with Crippen molar-refractivity contribution < 1.29 is 19.8 Å². The van der Waals surface area contributed by atoms with Crippen molar-refractivity contribution in [1.82, 2.24) is 4.57 Å². The highest BCUT2D eigenvalue weighted by molar-refractivity contribution is 5.98. The number of hydrogen-bond acceptors (Lipinski definition) is 3. The Balaban J connectivity index is 1.75. The number of aromatic nitrogens is 1. The van der Waals surface area contributed by atoms with Crippen molar-refractivity contribution >= 4 is 34.5 Å². The van der Waals surface area contributed by atoms with Gasteiger partial charge in [0.15, 0.2) is 0 Å². The third-order valence-corrected chi connectivity index (χ3v) is 5.21. The molecular formula is C26H18N2O4. The molecular weight excluding hydrogens is 404 g/mol. The number of carbonyl (C=O) groups is 2. The highest BCUT2D eigenvalue weighted by Gasteiger charge is 2.11. The zero-order valence-corrected chi connectivity index (χ0v) is 16.9. The van der Waals surface area contributed by atoms with Crippen LogP contribution in [0.1, 0.15) is 37.4 Å². The normalized spacial score (nSPS) is 11.3. The minimum Gasteiger partial charge on any atom is -0.478 e. The van der Waals surface area contributed by atoms with E-state index in [9.17, 15) is 20.0 Å². The Hall–Kier alpha value is -4.63. The van der Waals surface area contributed by atoms with Gasteiger partial charge in [-0.3, -0.25) is 0 Å². The Morgan fingerprint density at radius 1 is 0.875 bits per heavy atom. The fourth-order valence-corrected chi connectivity index (χ4v) is 3.65. The van der Waals surface area contributed by atoms with Gasteiger partial charge in [0.1, 0.15) is 0 Å². The summed E-state index contributed by atoms with van der Waals surface area (Å²) in [5.41, 5.74) is 4.08. The van der Waals surface area contributed by atoms with Gasteiger partial charge in [0.05, 0.1) is 22.8 Å². The van der Waals surface area contributed by atoms with E-state index < -0.39 is 11.9 Å². The van der Waals surface area contributed by atoms with Crippen LogP contribution in [0.15, 0.2) is 79.0 Å². The topological polar surface area (TPSA) is 103 Å². The molecule has 0 bridgehead atoms. The summed E-state index contributed by atoms with van der Waals surface area (Å²) in [6, 6.07) is 23.0. The first-order chi connectivity index (χ1) is 15.5. The molecule has 0 fully saturated rings. The number of rotatable bonds is 6. The predicted octanol–water partition coefficient (Wildman–Crippen LogP) is 5.15. The summed E-state index contributed by atoms with van der Waals surface area (Å²) in [6.07, 6.45) is 3.71. The van der Waals surface area contributed by atoms with E-state index in [-0.39, 0.29) is 11.1 Å². The fourth-order valence-electron chi connectivity index (χ4n) is 3.65. The number of nitriles is 1. The van der Waals surface area contributed by atoms with E-state index in [1.54, 1.807) is 36.4 Å². The van der Waals surface area contributed by atoms with Crippen LogP contribution in [0.4, 0.5) is 0 Å². The molecule has 0 aliphatic heterocycles. The van der Waals surface area contributed by atoms with Crippen molar-refractivity contribution in [2.75, 3.05) is 0 Å². The molecule has 1 heterocycles. The van der Waals surface area contributed by atoms with Gasteiger partial charge in [0.2, 0.25) is 0 Å². The Kier molecular flexibility index (Phi) is 5.56. The molecule has 0 saturated carbocycles. The summed E-state index contributed by atoms with van der Waals surface area (Å²) < 4.78 is 2.02. The molecule has 0 aliphatic rings. The number of hydrogen-bond donors (Lipinski definition) is 2. The number of carboxylic acid groups (broad SMARTS) is 2. The Morgan fingerprint density at radius 2 is 1.56 bits per heavy atom. The number of nitrogens with zero attached hydrogens (tertiary/aromatic N) is 2. The molecule has 0 aliphatic carbocycles. The van der Waals surface area contributed by atoms with Gasteiger partial charge in [-0.15, -0.1) is 0 Å². The largest absolute Gasteiger partial charge is 0.478 e. The van der Waals surface area contributed by atoms with E-state index in [1.807, 2.05) is 41.1 Å². The Labute approximate surface area is 183 Å². The molecule has 6 nitrogen and oxygen atoms in total. The molecule has 3 aromatic carbocycles. The predicted molar refractivity (Wildman–Crippen MR) is 121 cm³/mol. The first-order valence-electron chi connectivity index (χ1n) is 9.82. The molecule has 0 amide bonds. The number of allylic oxidation sites excluding steroid dienone is 1. The van der Waals surface area contributed by atoms with E-state index in [4.69, 9.17) is 5.11 Å². The average Bonchev–Trinajstić information content (AvgIpc) is 3.15. The number of aromatic carboxylic acids is 2. The van der Waals surface area contributed by atoms with Gasteiger partial charge in [0.25, 0.3) is 0 Å². The van der Waals surface area contributed by atoms with Crippen LogP contribution in [-0.2, 0) is 6.54 Å². The van der Waals surface area contributed by atoms with E-state index in [2.05, 4.69) is 6.07 Å². The van der Waals surface area contributed by atoms with Gasteiger partial charge in [-0.2, -0.15) is 5.26 Å². The van der Waals surface area contributed by atoms with Crippen LogP contribution in [0, 0.1) is 11.3 Å². The van der Waals surface area contributed by atoms with Gasteiger partial charge >= 0.3 is 11.9 Å². The maximum atomic E-state index is 11.3. The van der Waals surface area contributed by atoms with Crippen LogP contribution in [0.25, 0.3) is 22.6 Å². The highest BCUT2D eigenvalue weighted by Crippen LogP contribution is 2.27. The molecule has 1 aromatic heterocycles. The van der Waals surface area contributed by atoms with E-state index >= 15 is 0 Å². The zero-order chi connectivity index (χ0) is 22.7. The molecule has 6 heteroatoms. The lowest BCUT2D eigenvalue weighted by molar-refractivity contribution is 0.0686. The minimum absolute atomic E-state index is 0.159. The molecule has 0 atom stereocenters. The van der Waals surface area contributed by atoms with Gasteiger partial charge in [-0.25, -0.2) is 9.59 Å². The van der Waals surface area contributed by atoms with Crippen molar-refractivity contribution in [1.29, 1.82) is 5.26 Å². The monoisotopic (exact) mass is 422 g/mol. The molecule has 0 saturated heterocycles. The van der Waals surface area contributed by atoms with E-state index in [1.165, 1.54) is 12.1 Å². The Morgan fingerprint density at radius 3 is 2.25 bits per heavy atom. The molecule has 0 unspecified atom stereocenters. The summed E-state index contributed by atoms with van der Waals surface area (Å²) >= 11 is 0. The second kappa shape index (κ2) is 8.62. The summed E-state index contributed by atoms with van der Waals surface area (Å²) in [7, 11) is 0. The zero-order valence-electron chi connectivity index (χ0n) is 16.9. The van der Waals surface area contributed by atoms with Crippen molar-refractivity contribution in [3.05, 3.63) is 107 Å². The lowest BCUT2D eigenvalue weighted by Gasteiger charge is -2.06. The number of para-hydroxylation sites is 1. The Bertz CT molecular complexity index is 1410. The molecule has 0 spiro atoms. The maximum Gasteiger partial charge on any atom is 0.335 e. The quantitative estimate of drug-likeness (QED) is 0.418. The summed E-state index contributed by atoms with van der Waals surface area (Å²) in [6.45, 7) is 0.477. The van der Waals surface area contributed by atoms with Gasteiger partial charge in [0, 0.05) is 29.2 Å². The van der Waals surface area contributed by atoms with Crippen molar-refractivity contribution in [3.63, 3.8) is 0 Å². The summed E-state index contributed by atoms with van der Waals surface area (Å²) in [5, 5.41) is 29.0. The minimum atomic E-state index is -1.02. The number of carboxylic acids is 2. The number of fused-ring (bicyclic) bond motifs is 1. The standard InChI is InChI=1S/C26H18N2O4/c27-14-21(18-8-10-19(11-9-18)25(29)30)13-22-16-28(24-7-2-1-6-23(22)24)15-17-4-3-5-20(12-17)26(31)32/h1-13,16H,15H2,(H,29,30)(H,31,32)/b21-13-. The summed E-state index contributed by atoms with van der Waals surface area (Å²) in [4.78, 5) is 22.4. The second-order valence-electron chi connectivity index (χ2n) is 7.29. The highest BCUT2D eigenvalue weighted by atomic mass is 16.4. The molecule has 32 heavy (non-hydrogen) atoms. The van der Waals surface area contributed by atoms with Crippen molar-refractivity contribution in [3.8, 4) is 6.07 Å². The second-order valence-corrected chi connectivity index (χ2v) is 7.29. The van der Waals surface area contributed by atoms with Crippen LogP contribution in [-0.4, -0.2) is 26.7 Å². The summed E-state index contributed by atoms with van der Waals surface area (Å²) in [5.74, 6) is -1.99. The van der Waals surface area contributed by atoms with Crippen molar-refractivity contribution in [2.45, 2.75) is 6.54 Å². The van der Waals surface area contributed by atoms with Gasteiger partial charge in [-0.05, 0) is 47.5 Å². The van der Waals surface area contributed by atoms with Crippen LogP contribution in [0.5, 0.6) is 0 Å². The smallest absolute Gasteiger partial charge is 0.335 e. The molecule has 4 rings (SSSR count). The fraction of sp³-hybridized carbons (Fsp3) is 0.0385. The molecule has 0 radical (unpaired) electrons. The lowest BCUT2D eigenvalue weighted by atomic mass is 10.0. The van der Waals surface area contributed by atoms with Gasteiger partial charge in [-0.1, -0.05) is 42.5 Å². The first kappa shape index (κ1) is 20.6. The first-order valence-corrected chi connectivity index (χ1v) is 9.82. The van der Waals surface area contributed by atoms with Crippen LogP contribution < -0.4 is 0 Å².